The van der Waals surface area contributed by atoms with Crippen LogP contribution < -0.4 is 0 Å². The van der Waals surface area contributed by atoms with Crippen molar-refractivity contribution in [2.24, 2.45) is 0 Å². The maximum Gasteiger partial charge on any atom is 0.0601 e. The van der Waals surface area contributed by atoms with Crippen LogP contribution in [0, 0.1) is 6.07 Å². The molecule has 0 bridgehead atoms. The average Bonchev–Trinajstić information content (AvgIpc) is 3.68. The predicted molar refractivity (Wildman–Crippen MR) is 223 cm³/mol. The van der Waals surface area contributed by atoms with E-state index < -0.39 is 0 Å². The Morgan fingerprint density at radius 2 is 1.06 bits per heavy atom. The zero-order chi connectivity index (χ0) is 35.8. The van der Waals surface area contributed by atoms with Crippen LogP contribution in [-0.2, 0) is 38.4 Å². The van der Waals surface area contributed by atoms with Gasteiger partial charge in [0.15, 0.2) is 0 Å². The SMILES string of the molecule is CCCCCCc1cc(CCCCCC)cc(-c2cccc3nc(-c4[c-]cc5c(c4)C4(c6ccccc6-c6ccccc64)c4ccccc4-5)ccc23)c1.[Ir]. The van der Waals surface area contributed by atoms with E-state index in [0.29, 0.717) is 0 Å². The van der Waals surface area contributed by atoms with Gasteiger partial charge in [-0.25, -0.2) is 0 Å². The van der Waals surface area contributed by atoms with E-state index in [1.165, 1.54) is 124 Å². The van der Waals surface area contributed by atoms with Crippen LogP contribution in [-0.4, -0.2) is 4.98 Å². The quantitative estimate of drug-likeness (QED) is 0.0880. The summed E-state index contributed by atoms with van der Waals surface area (Å²) in [6, 6.07) is 53.8. The van der Waals surface area contributed by atoms with E-state index in [-0.39, 0.29) is 25.5 Å². The Balaban J connectivity index is 0.00000413. The zero-order valence-corrected chi connectivity index (χ0v) is 33.9. The number of benzene rings is 6. The summed E-state index contributed by atoms with van der Waals surface area (Å²) in [5, 5.41) is 1.21. The molecular formula is C52H48IrN-. The molecule has 2 aliphatic carbocycles. The second-order valence-electron chi connectivity index (χ2n) is 15.3. The third kappa shape index (κ3) is 6.18. The topological polar surface area (TPSA) is 12.9 Å². The second-order valence-corrected chi connectivity index (χ2v) is 15.3. The van der Waals surface area contributed by atoms with Gasteiger partial charge in [-0.1, -0.05) is 179 Å². The molecule has 1 heterocycles. The minimum Gasteiger partial charge on any atom is -0.296 e. The van der Waals surface area contributed by atoms with Gasteiger partial charge in [-0.05, 0) is 87.5 Å². The Morgan fingerprint density at radius 3 is 1.65 bits per heavy atom. The molecular weight excluding hydrogens is 831 g/mol. The monoisotopic (exact) mass is 879 g/mol. The predicted octanol–water partition coefficient (Wildman–Crippen LogP) is 14.0. The van der Waals surface area contributed by atoms with Crippen molar-refractivity contribution in [3.8, 4) is 44.6 Å². The molecule has 1 radical (unpaired) electrons. The smallest absolute Gasteiger partial charge is 0.0601 e. The standard InChI is InChI=1S/C52H48N.Ir/c1-3-5-7-9-18-36-32-37(19-10-8-6-4-2)34-39(33-36)40-23-17-27-51-45(40)30-31-50(53-51)38-28-29-44-43-22-13-16-26-48(43)52(49(44)35-38)46-24-14-11-20-41(46)42-21-12-15-25-47(42)52;/h11-17,20-27,29-35H,3-10,18-19H2,1-2H3;/q-1;. The molecule has 7 aromatic rings. The van der Waals surface area contributed by atoms with Crippen LogP contribution in [0.3, 0.4) is 0 Å². The van der Waals surface area contributed by atoms with Crippen molar-refractivity contribution >= 4 is 10.9 Å². The number of hydrogen-bond donors (Lipinski definition) is 0. The van der Waals surface area contributed by atoms with E-state index >= 15 is 0 Å². The van der Waals surface area contributed by atoms with Gasteiger partial charge in [0.25, 0.3) is 0 Å². The number of fused-ring (bicyclic) bond motifs is 11. The van der Waals surface area contributed by atoms with Crippen molar-refractivity contribution in [2.75, 3.05) is 0 Å². The molecule has 54 heavy (non-hydrogen) atoms. The first-order valence-electron chi connectivity index (χ1n) is 20.1. The van der Waals surface area contributed by atoms with E-state index in [1.54, 1.807) is 0 Å². The molecule has 0 saturated carbocycles. The number of unbranched alkanes of at least 4 members (excludes halogenated alkanes) is 6. The number of aryl methyl sites for hydroxylation is 2. The number of nitrogens with zero attached hydrogens (tertiary/aromatic N) is 1. The van der Waals surface area contributed by atoms with Crippen molar-refractivity contribution in [3.63, 3.8) is 0 Å². The van der Waals surface area contributed by atoms with Gasteiger partial charge >= 0.3 is 0 Å². The van der Waals surface area contributed by atoms with Gasteiger partial charge in [0.1, 0.15) is 0 Å². The van der Waals surface area contributed by atoms with Gasteiger partial charge in [-0.3, -0.25) is 4.98 Å². The second kappa shape index (κ2) is 15.6. The maximum atomic E-state index is 5.36. The van der Waals surface area contributed by atoms with Crippen molar-refractivity contribution in [1.82, 2.24) is 4.98 Å². The largest absolute Gasteiger partial charge is 0.296 e. The molecule has 0 fully saturated rings. The molecule has 0 unspecified atom stereocenters. The van der Waals surface area contributed by atoms with Crippen molar-refractivity contribution in [1.29, 1.82) is 0 Å². The molecule has 1 spiro atoms. The third-order valence-electron chi connectivity index (χ3n) is 11.9. The van der Waals surface area contributed by atoms with E-state index in [9.17, 15) is 0 Å². The molecule has 9 rings (SSSR count). The Labute approximate surface area is 335 Å². The van der Waals surface area contributed by atoms with Gasteiger partial charge in [-0.2, -0.15) is 0 Å². The Kier molecular flexibility index (Phi) is 10.5. The van der Waals surface area contributed by atoms with Crippen LogP contribution in [0.2, 0.25) is 0 Å². The van der Waals surface area contributed by atoms with Crippen LogP contribution in [0.5, 0.6) is 0 Å². The first-order valence-corrected chi connectivity index (χ1v) is 20.1. The summed E-state index contributed by atoms with van der Waals surface area (Å²) in [5.41, 5.74) is 18.8. The van der Waals surface area contributed by atoms with Crippen LogP contribution >= 0.6 is 0 Å². The molecule has 1 nitrogen and oxygen atoms in total. The number of rotatable bonds is 12. The van der Waals surface area contributed by atoms with Crippen LogP contribution in [0.4, 0.5) is 0 Å². The molecule has 1 aromatic heterocycles. The van der Waals surface area contributed by atoms with Crippen LogP contribution in [0.25, 0.3) is 55.5 Å². The first kappa shape index (κ1) is 36.4. The number of hydrogen-bond acceptors (Lipinski definition) is 1. The molecule has 0 atom stereocenters. The number of aromatic nitrogens is 1. The van der Waals surface area contributed by atoms with Gasteiger partial charge < -0.3 is 0 Å². The van der Waals surface area contributed by atoms with Crippen LogP contribution in [0.1, 0.15) is 98.6 Å². The summed E-state index contributed by atoms with van der Waals surface area (Å²) in [6.07, 6.45) is 12.6. The molecule has 2 heteroatoms. The summed E-state index contributed by atoms with van der Waals surface area (Å²) in [6.45, 7) is 4.58. The fourth-order valence-electron chi connectivity index (χ4n) is 9.45. The number of pyridine rings is 1. The first-order chi connectivity index (χ1) is 26.2. The summed E-state index contributed by atoms with van der Waals surface area (Å²) in [5.74, 6) is 0. The minimum absolute atomic E-state index is 0. The fraction of sp³-hybridized carbons (Fsp3) is 0.250. The van der Waals surface area contributed by atoms with E-state index in [4.69, 9.17) is 4.98 Å². The summed E-state index contributed by atoms with van der Waals surface area (Å²) in [4.78, 5) is 5.36. The van der Waals surface area contributed by atoms with Crippen molar-refractivity contribution < 1.29 is 20.1 Å². The Bertz CT molecular complexity index is 2360. The summed E-state index contributed by atoms with van der Waals surface area (Å²) >= 11 is 0. The van der Waals surface area contributed by atoms with Gasteiger partial charge in [-0.15, -0.1) is 29.3 Å². The van der Waals surface area contributed by atoms with Gasteiger partial charge in [0, 0.05) is 25.5 Å². The van der Waals surface area contributed by atoms with Crippen molar-refractivity contribution in [3.05, 3.63) is 173 Å². The van der Waals surface area contributed by atoms with E-state index in [1.807, 2.05) is 0 Å². The summed E-state index contributed by atoms with van der Waals surface area (Å²) < 4.78 is 0. The Hall–Kier alpha value is -4.62. The maximum absolute atomic E-state index is 5.36. The molecule has 0 amide bonds. The average molecular weight is 879 g/mol. The van der Waals surface area contributed by atoms with Gasteiger partial charge in [0.05, 0.1) is 10.9 Å². The normalized spacial score (nSPS) is 13.0. The van der Waals surface area contributed by atoms with Gasteiger partial charge in [0.2, 0.25) is 0 Å². The third-order valence-corrected chi connectivity index (χ3v) is 11.9. The Morgan fingerprint density at radius 1 is 0.500 bits per heavy atom. The fourth-order valence-corrected chi connectivity index (χ4v) is 9.45. The van der Waals surface area contributed by atoms with E-state index in [0.717, 1.165) is 29.6 Å². The molecule has 0 aliphatic heterocycles. The minimum atomic E-state index is -0.372. The van der Waals surface area contributed by atoms with E-state index in [2.05, 4.69) is 153 Å². The summed E-state index contributed by atoms with van der Waals surface area (Å²) in [7, 11) is 0. The van der Waals surface area contributed by atoms with Crippen molar-refractivity contribution in [2.45, 2.75) is 83.5 Å². The van der Waals surface area contributed by atoms with Crippen LogP contribution in [0.15, 0.2) is 133 Å². The molecule has 0 N–H and O–H groups in total. The molecule has 0 saturated heterocycles. The molecule has 6 aromatic carbocycles. The zero-order valence-electron chi connectivity index (χ0n) is 31.6. The molecule has 271 valence electrons. The molecule has 2 aliphatic rings.